The van der Waals surface area contributed by atoms with Gasteiger partial charge in [0.15, 0.2) is 12.4 Å². The van der Waals surface area contributed by atoms with Crippen molar-refractivity contribution in [2.75, 3.05) is 11.9 Å². The molecule has 208 valence electrons. The Labute approximate surface area is 251 Å². The Kier molecular flexibility index (Phi) is 7.56. The summed E-state index contributed by atoms with van der Waals surface area (Å²) in [5.74, 6) is -0.246. The summed E-state index contributed by atoms with van der Waals surface area (Å²) in [6, 6.07) is 25.0. The molecule has 8 nitrogen and oxygen atoms in total. The molecule has 0 aliphatic rings. The zero-order valence-electron chi connectivity index (χ0n) is 21.6. The number of fused-ring (bicyclic) bond motifs is 2. The van der Waals surface area contributed by atoms with Crippen LogP contribution in [0, 0.1) is 5.82 Å². The van der Waals surface area contributed by atoms with Crippen LogP contribution in [0.15, 0.2) is 110 Å². The third kappa shape index (κ3) is 5.67. The fraction of sp³-hybridized carbons (Fsp3) is 0.0323. The zero-order valence-corrected chi connectivity index (χ0v) is 23.9. The minimum absolute atomic E-state index is 0.0528. The second-order valence-corrected chi connectivity index (χ2v) is 10.4. The van der Waals surface area contributed by atoms with Crippen LogP contribution < -0.4 is 15.6 Å². The summed E-state index contributed by atoms with van der Waals surface area (Å²) in [4.78, 5) is 30.4. The number of amides is 1. The molecule has 2 aromatic heterocycles. The quantitative estimate of drug-likeness (QED) is 0.184. The van der Waals surface area contributed by atoms with Gasteiger partial charge in [-0.1, -0.05) is 51.8 Å². The highest BCUT2D eigenvalue weighted by atomic mass is 79.9. The molecule has 0 spiro atoms. The Balaban J connectivity index is 1.27. The van der Waals surface area contributed by atoms with Gasteiger partial charge >= 0.3 is 0 Å². The van der Waals surface area contributed by atoms with Gasteiger partial charge in [-0.2, -0.15) is 9.78 Å². The van der Waals surface area contributed by atoms with E-state index in [1.54, 1.807) is 54.6 Å². The van der Waals surface area contributed by atoms with Crippen molar-refractivity contribution in [3.63, 3.8) is 0 Å². The number of benzene rings is 4. The number of anilines is 1. The molecule has 4 aromatic carbocycles. The number of ether oxygens (including phenoxy) is 1. The summed E-state index contributed by atoms with van der Waals surface area (Å²) in [6.07, 6.45) is 1.46. The minimum atomic E-state index is -0.551. The third-order valence-corrected chi connectivity index (χ3v) is 7.03. The second kappa shape index (κ2) is 11.6. The lowest BCUT2D eigenvalue weighted by molar-refractivity contribution is -0.118. The summed E-state index contributed by atoms with van der Waals surface area (Å²) in [6.45, 7) is -0.378. The van der Waals surface area contributed by atoms with Crippen LogP contribution in [0.3, 0.4) is 0 Å². The third-order valence-electron chi connectivity index (χ3n) is 6.24. The molecule has 1 N–H and O–H groups in total. The number of hydrogen-bond donors (Lipinski definition) is 1. The van der Waals surface area contributed by atoms with E-state index in [0.29, 0.717) is 27.8 Å². The highest BCUT2D eigenvalue weighted by Gasteiger charge is 2.17. The average Bonchev–Trinajstić information content (AvgIpc) is 3.40. The van der Waals surface area contributed by atoms with Crippen LogP contribution >= 0.6 is 27.5 Å². The average molecular weight is 646 g/mol. The van der Waals surface area contributed by atoms with Gasteiger partial charge in [0.1, 0.15) is 17.1 Å². The maximum atomic E-state index is 13.8. The number of hydrogen-bond acceptors (Lipinski definition) is 6. The number of carbonyl (C=O) groups excluding carboxylic acids is 1. The molecule has 0 saturated carbocycles. The standard InChI is InChI=1S/C31H19BrClFN4O4/c32-20-10-12-26-19(14-20)15-28(42-26)30-37-24-7-3-1-5-21(24)31(40)38(30)35-16-18-9-11-27(22(33)13-18)41-17-29(39)36-25-8-4-2-6-23(25)34/h1-16H,17H2,(H,36,39). The molecule has 42 heavy (non-hydrogen) atoms. The van der Waals surface area contributed by atoms with E-state index in [1.807, 2.05) is 18.2 Å². The highest BCUT2D eigenvalue weighted by Crippen LogP contribution is 2.29. The normalized spacial score (nSPS) is 11.4. The van der Waals surface area contributed by atoms with Gasteiger partial charge in [-0.05, 0) is 72.3 Å². The summed E-state index contributed by atoms with van der Waals surface area (Å²) in [5.41, 5.74) is 1.38. The number of nitrogens with one attached hydrogen (secondary N) is 1. The van der Waals surface area contributed by atoms with Crippen LogP contribution in [0.2, 0.25) is 5.02 Å². The largest absolute Gasteiger partial charge is 0.482 e. The monoisotopic (exact) mass is 644 g/mol. The molecule has 0 aliphatic heterocycles. The number of nitrogens with zero attached hydrogens (tertiary/aromatic N) is 3. The summed E-state index contributed by atoms with van der Waals surface area (Å²) >= 11 is 9.86. The number of para-hydroxylation sites is 2. The van der Waals surface area contributed by atoms with Crippen molar-refractivity contribution >= 4 is 67.2 Å². The van der Waals surface area contributed by atoms with E-state index in [-0.39, 0.29) is 34.5 Å². The number of rotatable bonds is 7. The second-order valence-electron chi connectivity index (χ2n) is 9.11. The molecule has 0 fully saturated rings. The lowest BCUT2D eigenvalue weighted by Gasteiger charge is -2.10. The number of aromatic nitrogens is 2. The van der Waals surface area contributed by atoms with Gasteiger partial charge in [0.2, 0.25) is 5.82 Å². The van der Waals surface area contributed by atoms with E-state index in [4.69, 9.17) is 20.8 Å². The maximum absolute atomic E-state index is 13.8. The van der Waals surface area contributed by atoms with E-state index in [9.17, 15) is 14.0 Å². The molecule has 0 atom stereocenters. The Morgan fingerprint density at radius 1 is 1.07 bits per heavy atom. The van der Waals surface area contributed by atoms with Gasteiger partial charge < -0.3 is 14.5 Å². The van der Waals surface area contributed by atoms with Crippen molar-refractivity contribution in [2.24, 2.45) is 5.10 Å². The number of carbonyl (C=O) groups is 1. The molecule has 0 unspecified atom stereocenters. The summed E-state index contributed by atoms with van der Waals surface area (Å²) in [7, 11) is 0. The molecule has 0 radical (unpaired) electrons. The zero-order chi connectivity index (χ0) is 29.2. The Morgan fingerprint density at radius 3 is 2.71 bits per heavy atom. The van der Waals surface area contributed by atoms with Crippen molar-refractivity contribution in [3.8, 4) is 17.3 Å². The van der Waals surface area contributed by atoms with E-state index < -0.39 is 11.7 Å². The Hall–Kier alpha value is -4.80. The molecule has 6 rings (SSSR count). The van der Waals surface area contributed by atoms with Crippen LogP contribution in [0.25, 0.3) is 33.5 Å². The van der Waals surface area contributed by atoms with Crippen LogP contribution in [0.1, 0.15) is 5.56 Å². The van der Waals surface area contributed by atoms with E-state index in [1.165, 1.54) is 29.1 Å². The van der Waals surface area contributed by atoms with E-state index >= 15 is 0 Å². The maximum Gasteiger partial charge on any atom is 0.282 e. The SMILES string of the molecule is O=C(COc1ccc(C=Nn2c(-c3cc4cc(Br)ccc4o3)nc3ccccc3c2=O)cc1Cl)Nc1ccccc1F. The van der Waals surface area contributed by atoms with Crippen LogP contribution in [0.5, 0.6) is 5.75 Å². The first-order valence-corrected chi connectivity index (χ1v) is 13.8. The predicted molar refractivity (Wildman–Crippen MR) is 164 cm³/mol. The fourth-order valence-corrected chi connectivity index (χ4v) is 4.87. The molecular formula is C31H19BrClFN4O4. The van der Waals surface area contributed by atoms with Crippen molar-refractivity contribution in [1.82, 2.24) is 9.66 Å². The number of halogens is 3. The first-order valence-electron chi connectivity index (χ1n) is 12.6. The van der Waals surface area contributed by atoms with Gasteiger partial charge in [-0.3, -0.25) is 9.59 Å². The van der Waals surface area contributed by atoms with E-state index in [0.717, 1.165) is 9.86 Å². The molecule has 6 aromatic rings. The molecular weight excluding hydrogens is 627 g/mol. The number of furan rings is 1. The van der Waals surface area contributed by atoms with Crippen molar-refractivity contribution < 1.29 is 18.3 Å². The van der Waals surface area contributed by atoms with Gasteiger partial charge in [0.05, 0.1) is 27.8 Å². The molecule has 11 heteroatoms. The molecule has 0 aliphatic carbocycles. The van der Waals surface area contributed by atoms with Crippen molar-refractivity contribution in [3.05, 3.63) is 122 Å². The summed E-state index contributed by atoms with van der Waals surface area (Å²) in [5, 5.41) is 8.33. The van der Waals surface area contributed by atoms with E-state index in [2.05, 4.69) is 31.3 Å². The Bertz CT molecular complexity index is 2070. The molecule has 0 saturated heterocycles. The molecule has 1 amide bonds. The van der Waals surface area contributed by atoms with Crippen LogP contribution in [-0.4, -0.2) is 28.4 Å². The first kappa shape index (κ1) is 27.4. The van der Waals surface area contributed by atoms with Crippen LogP contribution in [0.4, 0.5) is 10.1 Å². The topological polar surface area (TPSA) is 98.7 Å². The smallest absolute Gasteiger partial charge is 0.282 e. The molecule has 0 bridgehead atoms. The fourth-order valence-electron chi connectivity index (χ4n) is 4.25. The minimum Gasteiger partial charge on any atom is -0.482 e. The van der Waals surface area contributed by atoms with Gasteiger partial charge in [0, 0.05) is 9.86 Å². The lowest BCUT2D eigenvalue weighted by atomic mass is 10.2. The van der Waals surface area contributed by atoms with Gasteiger partial charge in [0.25, 0.3) is 11.5 Å². The summed E-state index contributed by atoms with van der Waals surface area (Å²) < 4.78 is 27.4. The van der Waals surface area contributed by atoms with Crippen molar-refractivity contribution in [2.45, 2.75) is 0 Å². The Morgan fingerprint density at radius 2 is 1.88 bits per heavy atom. The highest BCUT2D eigenvalue weighted by molar-refractivity contribution is 9.10. The first-order chi connectivity index (χ1) is 20.4. The predicted octanol–water partition coefficient (Wildman–Crippen LogP) is 7.26. The van der Waals surface area contributed by atoms with Crippen molar-refractivity contribution in [1.29, 1.82) is 0 Å². The van der Waals surface area contributed by atoms with Gasteiger partial charge in [-0.25, -0.2) is 9.37 Å². The van der Waals surface area contributed by atoms with Gasteiger partial charge in [-0.15, -0.1) is 0 Å². The van der Waals surface area contributed by atoms with Crippen LogP contribution in [-0.2, 0) is 4.79 Å². The lowest BCUT2D eigenvalue weighted by Crippen LogP contribution is -2.21. The molecule has 2 heterocycles.